The molecule has 0 saturated carbocycles. The van der Waals surface area contributed by atoms with Gasteiger partial charge in [0.2, 0.25) is 0 Å². The zero-order valence-electron chi connectivity index (χ0n) is 7.69. The van der Waals surface area contributed by atoms with Crippen molar-refractivity contribution in [3.63, 3.8) is 0 Å². The third kappa shape index (κ3) is 2.53. The minimum atomic E-state index is 1.25. The molecule has 0 saturated heterocycles. The predicted molar refractivity (Wildman–Crippen MR) is 50.6 cm³/mol. The molecule has 0 unspecified atom stereocenters. The smallest absolute Gasteiger partial charge is 0.0280 e. The molecule has 0 spiro atoms. The van der Waals surface area contributed by atoms with E-state index in [4.69, 9.17) is 0 Å². The number of hydrogen-bond acceptors (Lipinski definition) is 0. The number of allylic oxidation sites excluding steroid dienone is 4. The first-order valence-corrected chi connectivity index (χ1v) is 4.69. The molecule has 0 atom stereocenters. The Labute approximate surface area is 70.0 Å². The van der Waals surface area contributed by atoms with Crippen molar-refractivity contribution < 1.29 is 0 Å². The van der Waals surface area contributed by atoms with Crippen molar-refractivity contribution in [1.82, 2.24) is 0 Å². The van der Waals surface area contributed by atoms with Crippen molar-refractivity contribution in [1.29, 1.82) is 0 Å². The Morgan fingerprint density at radius 1 is 1.45 bits per heavy atom. The first-order valence-electron chi connectivity index (χ1n) is 4.69. The van der Waals surface area contributed by atoms with E-state index in [9.17, 15) is 0 Å². The molecule has 1 rings (SSSR count). The van der Waals surface area contributed by atoms with Gasteiger partial charge in [-0.15, -0.1) is 0 Å². The van der Waals surface area contributed by atoms with E-state index in [1.54, 1.807) is 11.1 Å². The lowest BCUT2D eigenvalue weighted by molar-refractivity contribution is 0.777. The van der Waals surface area contributed by atoms with Gasteiger partial charge in [0.15, 0.2) is 0 Å². The molecule has 0 aromatic carbocycles. The highest BCUT2D eigenvalue weighted by Gasteiger charge is 2.02. The summed E-state index contributed by atoms with van der Waals surface area (Å²) < 4.78 is 0. The molecule has 0 bridgehead atoms. The van der Waals surface area contributed by atoms with Crippen LogP contribution in [0.5, 0.6) is 0 Å². The summed E-state index contributed by atoms with van der Waals surface area (Å²) >= 11 is 0. The molecule has 0 aliphatic heterocycles. The van der Waals surface area contributed by atoms with Crippen molar-refractivity contribution in [3.05, 3.63) is 23.3 Å². The van der Waals surface area contributed by atoms with Crippen LogP contribution in [0.1, 0.15) is 46.0 Å². The van der Waals surface area contributed by atoms with Crippen LogP contribution in [0.25, 0.3) is 0 Å². The van der Waals surface area contributed by atoms with Gasteiger partial charge in [-0.25, -0.2) is 0 Å². The third-order valence-corrected chi connectivity index (χ3v) is 2.35. The fourth-order valence-electron chi connectivity index (χ4n) is 1.49. The summed E-state index contributed by atoms with van der Waals surface area (Å²) in [6, 6.07) is 0. The van der Waals surface area contributed by atoms with Gasteiger partial charge in [-0.05, 0) is 38.2 Å². The average Bonchev–Trinajstić information content (AvgIpc) is 2.03. The van der Waals surface area contributed by atoms with Crippen LogP contribution in [0, 0.1) is 0 Å². The second-order valence-corrected chi connectivity index (χ2v) is 3.35. The molecule has 0 aromatic rings. The van der Waals surface area contributed by atoms with Gasteiger partial charge in [-0.1, -0.05) is 31.1 Å². The summed E-state index contributed by atoms with van der Waals surface area (Å²) in [5, 5.41) is 0. The molecule has 11 heavy (non-hydrogen) atoms. The Hall–Kier alpha value is -0.520. The average molecular weight is 150 g/mol. The second kappa shape index (κ2) is 4.38. The van der Waals surface area contributed by atoms with E-state index in [1.165, 1.54) is 32.1 Å². The molecule has 0 heterocycles. The van der Waals surface area contributed by atoms with E-state index in [1.807, 2.05) is 0 Å². The Bertz CT molecular complexity index is 172. The second-order valence-electron chi connectivity index (χ2n) is 3.35. The summed E-state index contributed by atoms with van der Waals surface area (Å²) in [6.45, 7) is 4.52. The monoisotopic (exact) mass is 150 g/mol. The van der Waals surface area contributed by atoms with Gasteiger partial charge in [0.25, 0.3) is 0 Å². The van der Waals surface area contributed by atoms with Crippen LogP contribution in [0.3, 0.4) is 0 Å². The van der Waals surface area contributed by atoms with Crippen LogP contribution in [0.15, 0.2) is 23.3 Å². The van der Waals surface area contributed by atoms with E-state index in [0.717, 1.165) is 0 Å². The molecule has 1 aliphatic rings. The molecule has 0 amide bonds. The Balaban J connectivity index is 2.47. The van der Waals surface area contributed by atoms with Crippen LogP contribution in [-0.4, -0.2) is 0 Å². The zero-order valence-corrected chi connectivity index (χ0v) is 7.69. The Morgan fingerprint density at radius 2 is 2.27 bits per heavy atom. The van der Waals surface area contributed by atoms with Crippen molar-refractivity contribution in [3.8, 4) is 0 Å². The third-order valence-electron chi connectivity index (χ3n) is 2.35. The van der Waals surface area contributed by atoms with Crippen LogP contribution < -0.4 is 0 Å². The van der Waals surface area contributed by atoms with Crippen LogP contribution >= 0.6 is 0 Å². The normalized spacial score (nSPS) is 17.6. The highest BCUT2D eigenvalue weighted by Crippen LogP contribution is 2.22. The van der Waals surface area contributed by atoms with E-state index >= 15 is 0 Å². The SMILES string of the molecule is CCCCC1=C(C)CCC=C1. The molecule has 62 valence electrons. The Kier molecular flexibility index (Phi) is 3.41. The van der Waals surface area contributed by atoms with Gasteiger partial charge in [0, 0.05) is 0 Å². The van der Waals surface area contributed by atoms with E-state index < -0.39 is 0 Å². The first kappa shape index (κ1) is 8.58. The highest BCUT2D eigenvalue weighted by atomic mass is 14.1. The fourth-order valence-corrected chi connectivity index (χ4v) is 1.49. The lowest BCUT2D eigenvalue weighted by Crippen LogP contribution is -1.91. The first-order chi connectivity index (χ1) is 5.34. The Morgan fingerprint density at radius 3 is 2.91 bits per heavy atom. The van der Waals surface area contributed by atoms with Crippen LogP contribution in [0.4, 0.5) is 0 Å². The standard InChI is InChI=1S/C11H18/c1-3-4-8-11-9-6-5-7-10(11)2/h6,9H,3-5,7-8H2,1-2H3. The van der Waals surface area contributed by atoms with Gasteiger partial charge in [-0.2, -0.15) is 0 Å². The molecule has 0 aromatic heterocycles. The van der Waals surface area contributed by atoms with Crippen molar-refractivity contribution >= 4 is 0 Å². The lowest BCUT2D eigenvalue weighted by atomic mass is 9.95. The maximum atomic E-state index is 2.31. The number of hydrogen-bond donors (Lipinski definition) is 0. The molecular formula is C11H18. The largest absolute Gasteiger partial charge is 0.0839 e. The molecule has 0 heteroatoms. The van der Waals surface area contributed by atoms with E-state index in [2.05, 4.69) is 26.0 Å². The summed E-state index contributed by atoms with van der Waals surface area (Å²) in [4.78, 5) is 0. The van der Waals surface area contributed by atoms with Gasteiger partial charge >= 0.3 is 0 Å². The molecule has 1 aliphatic carbocycles. The van der Waals surface area contributed by atoms with Crippen LogP contribution in [0.2, 0.25) is 0 Å². The molecular weight excluding hydrogens is 132 g/mol. The quantitative estimate of drug-likeness (QED) is 0.573. The summed E-state index contributed by atoms with van der Waals surface area (Å²) in [6.07, 6.45) is 11.1. The maximum absolute atomic E-state index is 2.31. The molecule has 0 nitrogen and oxygen atoms in total. The molecule has 0 radical (unpaired) electrons. The van der Waals surface area contributed by atoms with E-state index in [-0.39, 0.29) is 0 Å². The number of unbranched alkanes of at least 4 members (excludes halogenated alkanes) is 1. The topological polar surface area (TPSA) is 0 Å². The molecule has 0 fully saturated rings. The van der Waals surface area contributed by atoms with Crippen molar-refractivity contribution in [2.75, 3.05) is 0 Å². The maximum Gasteiger partial charge on any atom is -0.0280 e. The van der Waals surface area contributed by atoms with E-state index in [0.29, 0.717) is 0 Å². The van der Waals surface area contributed by atoms with Gasteiger partial charge < -0.3 is 0 Å². The molecule has 0 N–H and O–H groups in total. The predicted octanol–water partition coefficient (Wildman–Crippen LogP) is 3.84. The van der Waals surface area contributed by atoms with Crippen molar-refractivity contribution in [2.24, 2.45) is 0 Å². The zero-order chi connectivity index (χ0) is 8.10. The fraction of sp³-hybridized carbons (Fsp3) is 0.636. The summed E-state index contributed by atoms with van der Waals surface area (Å²) in [7, 11) is 0. The van der Waals surface area contributed by atoms with Gasteiger partial charge in [-0.3, -0.25) is 0 Å². The van der Waals surface area contributed by atoms with Gasteiger partial charge in [0.1, 0.15) is 0 Å². The summed E-state index contributed by atoms with van der Waals surface area (Å²) in [5.41, 5.74) is 3.21. The van der Waals surface area contributed by atoms with Crippen molar-refractivity contribution in [2.45, 2.75) is 46.0 Å². The highest BCUT2D eigenvalue weighted by molar-refractivity contribution is 5.28. The number of rotatable bonds is 3. The minimum Gasteiger partial charge on any atom is -0.0839 e. The lowest BCUT2D eigenvalue weighted by Gasteiger charge is -2.11. The minimum absolute atomic E-state index is 1.25. The van der Waals surface area contributed by atoms with Crippen LogP contribution in [-0.2, 0) is 0 Å². The van der Waals surface area contributed by atoms with Gasteiger partial charge in [0.05, 0.1) is 0 Å². The summed E-state index contributed by atoms with van der Waals surface area (Å²) in [5.74, 6) is 0.